The molecule has 0 atom stereocenters. The Hall–Kier alpha value is -0.580. The van der Waals surface area contributed by atoms with Crippen LogP contribution in [0.5, 0.6) is 0 Å². The molecular formula is C11H13IN2. The van der Waals surface area contributed by atoms with Crippen molar-refractivity contribution in [2.75, 3.05) is 0 Å². The largest absolute Gasteiger partial charge is 0.319 e. The summed E-state index contributed by atoms with van der Waals surface area (Å²) in [5.41, 5.74) is 5.01. The summed E-state index contributed by atoms with van der Waals surface area (Å²) in [5.74, 6) is 0. The SMILES string of the molecule is CCn1c(I)nc2c(C)ccc(C)c21. The average molecular weight is 300 g/mol. The second-order valence-electron chi connectivity index (χ2n) is 3.52. The van der Waals surface area contributed by atoms with Gasteiger partial charge in [0.1, 0.15) is 0 Å². The van der Waals surface area contributed by atoms with Crippen LogP contribution in [0.25, 0.3) is 11.0 Å². The normalized spacial score (nSPS) is 11.1. The van der Waals surface area contributed by atoms with Gasteiger partial charge in [0, 0.05) is 6.54 Å². The molecule has 3 heteroatoms. The van der Waals surface area contributed by atoms with Gasteiger partial charge in [-0.15, -0.1) is 0 Å². The minimum absolute atomic E-state index is 0.985. The quantitative estimate of drug-likeness (QED) is 0.739. The number of imidazole rings is 1. The van der Waals surface area contributed by atoms with E-state index >= 15 is 0 Å². The first-order valence-corrected chi connectivity index (χ1v) is 5.85. The number of fused-ring (bicyclic) bond motifs is 1. The fraction of sp³-hybridized carbons (Fsp3) is 0.364. The van der Waals surface area contributed by atoms with E-state index in [-0.39, 0.29) is 0 Å². The van der Waals surface area contributed by atoms with E-state index in [1.54, 1.807) is 0 Å². The van der Waals surface area contributed by atoms with Crippen molar-refractivity contribution in [1.29, 1.82) is 0 Å². The van der Waals surface area contributed by atoms with Gasteiger partial charge in [-0.3, -0.25) is 0 Å². The Labute approximate surface area is 97.5 Å². The predicted octanol–water partition coefficient (Wildman–Crippen LogP) is 3.28. The summed E-state index contributed by atoms with van der Waals surface area (Å²) < 4.78 is 3.34. The van der Waals surface area contributed by atoms with Crippen LogP contribution in [-0.2, 0) is 6.54 Å². The molecule has 0 amide bonds. The minimum Gasteiger partial charge on any atom is -0.319 e. The summed E-state index contributed by atoms with van der Waals surface area (Å²) in [6.07, 6.45) is 0. The first-order chi connectivity index (χ1) is 6.65. The van der Waals surface area contributed by atoms with Crippen molar-refractivity contribution in [2.45, 2.75) is 27.3 Å². The molecule has 0 aliphatic heterocycles. The van der Waals surface area contributed by atoms with E-state index < -0.39 is 0 Å². The third-order valence-corrected chi connectivity index (χ3v) is 3.39. The molecule has 1 aromatic carbocycles. The van der Waals surface area contributed by atoms with E-state index in [2.05, 4.69) is 65.0 Å². The molecule has 0 fully saturated rings. The number of hydrogen-bond acceptors (Lipinski definition) is 1. The molecule has 14 heavy (non-hydrogen) atoms. The standard InChI is InChI=1S/C11H13IN2/c1-4-14-10-8(3)6-5-7(2)9(10)13-11(14)12/h5-6H,4H2,1-3H3. The number of hydrogen-bond donors (Lipinski definition) is 0. The van der Waals surface area contributed by atoms with Crippen molar-refractivity contribution >= 4 is 33.6 Å². The molecule has 0 bridgehead atoms. The van der Waals surface area contributed by atoms with Gasteiger partial charge in [-0.1, -0.05) is 12.1 Å². The Morgan fingerprint density at radius 2 is 1.93 bits per heavy atom. The van der Waals surface area contributed by atoms with E-state index in [0.29, 0.717) is 0 Å². The van der Waals surface area contributed by atoms with Crippen molar-refractivity contribution in [3.8, 4) is 0 Å². The molecule has 2 nitrogen and oxygen atoms in total. The molecule has 2 rings (SSSR count). The van der Waals surface area contributed by atoms with Gasteiger partial charge in [0.05, 0.1) is 11.0 Å². The van der Waals surface area contributed by atoms with Gasteiger partial charge < -0.3 is 4.57 Å². The number of halogens is 1. The lowest BCUT2D eigenvalue weighted by Gasteiger charge is -2.04. The molecule has 0 aliphatic carbocycles. The smallest absolute Gasteiger partial charge is 0.172 e. The summed E-state index contributed by atoms with van der Waals surface area (Å²) in [4.78, 5) is 4.59. The van der Waals surface area contributed by atoms with Crippen LogP contribution in [0.1, 0.15) is 18.1 Å². The van der Waals surface area contributed by atoms with E-state index in [1.807, 2.05) is 0 Å². The van der Waals surface area contributed by atoms with Gasteiger partial charge in [0.15, 0.2) is 3.83 Å². The summed E-state index contributed by atoms with van der Waals surface area (Å²) in [5, 5.41) is 0. The Kier molecular flexibility index (Phi) is 2.51. The van der Waals surface area contributed by atoms with Crippen molar-refractivity contribution in [3.05, 3.63) is 27.1 Å². The molecule has 0 unspecified atom stereocenters. The lowest BCUT2D eigenvalue weighted by molar-refractivity contribution is 0.761. The molecule has 1 aromatic heterocycles. The molecule has 74 valence electrons. The van der Waals surface area contributed by atoms with Crippen LogP contribution in [-0.4, -0.2) is 9.55 Å². The molecule has 0 aliphatic rings. The number of rotatable bonds is 1. The topological polar surface area (TPSA) is 17.8 Å². The Balaban J connectivity index is 2.93. The fourth-order valence-corrected chi connectivity index (χ4v) is 2.62. The van der Waals surface area contributed by atoms with Crippen molar-refractivity contribution in [3.63, 3.8) is 0 Å². The highest BCUT2D eigenvalue weighted by atomic mass is 127. The maximum absolute atomic E-state index is 4.59. The number of aromatic nitrogens is 2. The molecule has 2 aromatic rings. The third-order valence-electron chi connectivity index (χ3n) is 2.57. The second kappa shape index (κ2) is 3.53. The third kappa shape index (κ3) is 1.34. The maximum atomic E-state index is 4.59. The molecule has 0 spiro atoms. The molecule has 1 heterocycles. The fourth-order valence-electron chi connectivity index (χ4n) is 1.80. The number of aryl methyl sites for hydroxylation is 3. The molecule has 0 saturated heterocycles. The van der Waals surface area contributed by atoms with Crippen molar-refractivity contribution in [1.82, 2.24) is 9.55 Å². The Morgan fingerprint density at radius 3 is 2.57 bits per heavy atom. The summed E-state index contributed by atoms with van der Waals surface area (Å²) in [7, 11) is 0. The first kappa shape index (κ1) is 9.96. The van der Waals surface area contributed by atoms with E-state index in [9.17, 15) is 0 Å². The lowest BCUT2D eigenvalue weighted by atomic mass is 10.1. The van der Waals surface area contributed by atoms with Gasteiger partial charge in [-0.2, -0.15) is 0 Å². The van der Waals surface area contributed by atoms with Crippen LogP contribution < -0.4 is 0 Å². The zero-order valence-electron chi connectivity index (χ0n) is 8.63. The van der Waals surface area contributed by atoms with Crippen LogP contribution in [0.15, 0.2) is 12.1 Å². The van der Waals surface area contributed by atoms with Gasteiger partial charge in [-0.05, 0) is 54.5 Å². The van der Waals surface area contributed by atoms with Crippen LogP contribution in [0.4, 0.5) is 0 Å². The summed E-state index contributed by atoms with van der Waals surface area (Å²) in [6.45, 7) is 7.40. The summed E-state index contributed by atoms with van der Waals surface area (Å²) in [6, 6.07) is 4.31. The van der Waals surface area contributed by atoms with Crippen LogP contribution in [0, 0.1) is 17.7 Å². The van der Waals surface area contributed by atoms with Crippen LogP contribution >= 0.6 is 22.6 Å². The predicted molar refractivity (Wildman–Crippen MR) is 67.6 cm³/mol. The highest BCUT2D eigenvalue weighted by molar-refractivity contribution is 14.1. The van der Waals surface area contributed by atoms with Gasteiger partial charge in [0.2, 0.25) is 0 Å². The molecule has 0 N–H and O–H groups in total. The number of nitrogens with zero attached hydrogens (tertiary/aromatic N) is 2. The molecule has 0 radical (unpaired) electrons. The van der Waals surface area contributed by atoms with Crippen LogP contribution in [0.2, 0.25) is 0 Å². The van der Waals surface area contributed by atoms with E-state index in [0.717, 1.165) is 15.9 Å². The molecular weight excluding hydrogens is 287 g/mol. The van der Waals surface area contributed by atoms with Crippen molar-refractivity contribution < 1.29 is 0 Å². The van der Waals surface area contributed by atoms with Crippen molar-refractivity contribution in [2.24, 2.45) is 0 Å². The first-order valence-electron chi connectivity index (χ1n) is 4.77. The zero-order valence-corrected chi connectivity index (χ0v) is 10.8. The maximum Gasteiger partial charge on any atom is 0.172 e. The highest BCUT2D eigenvalue weighted by Gasteiger charge is 2.10. The lowest BCUT2D eigenvalue weighted by Crippen LogP contribution is -1.97. The van der Waals surface area contributed by atoms with Gasteiger partial charge >= 0.3 is 0 Å². The Bertz CT molecular complexity index is 485. The monoisotopic (exact) mass is 300 g/mol. The molecule has 0 saturated carbocycles. The second-order valence-corrected chi connectivity index (χ2v) is 4.49. The zero-order chi connectivity index (χ0) is 10.3. The van der Waals surface area contributed by atoms with Gasteiger partial charge in [0.25, 0.3) is 0 Å². The van der Waals surface area contributed by atoms with Crippen LogP contribution in [0.3, 0.4) is 0 Å². The summed E-state index contributed by atoms with van der Waals surface area (Å²) >= 11 is 2.30. The van der Waals surface area contributed by atoms with E-state index in [4.69, 9.17) is 0 Å². The minimum atomic E-state index is 0.985. The highest BCUT2D eigenvalue weighted by Crippen LogP contribution is 2.23. The average Bonchev–Trinajstić information content (AvgIpc) is 2.50. The Morgan fingerprint density at radius 1 is 1.29 bits per heavy atom. The van der Waals surface area contributed by atoms with E-state index in [1.165, 1.54) is 16.6 Å². The number of benzene rings is 1. The van der Waals surface area contributed by atoms with Gasteiger partial charge in [-0.25, -0.2) is 4.98 Å².